The molecule has 0 bridgehead atoms. The number of allylic oxidation sites excluding steroid dienone is 2. The third-order valence-electron chi connectivity index (χ3n) is 6.07. The van der Waals surface area contributed by atoms with Crippen molar-refractivity contribution in [1.82, 2.24) is 9.88 Å². The lowest BCUT2D eigenvalue weighted by Crippen LogP contribution is -2.32. The van der Waals surface area contributed by atoms with E-state index in [4.69, 9.17) is 0 Å². The Bertz CT molecular complexity index is 983. The van der Waals surface area contributed by atoms with Gasteiger partial charge >= 0.3 is 5.69 Å². The molecule has 0 N–H and O–H groups in total. The van der Waals surface area contributed by atoms with E-state index in [0.29, 0.717) is 5.82 Å². The van der Waals surface area contributed by atoms with Crippen molar-refractivity contribution in [1.29, 1.82) is 0 Å². The summed E-state index contributed by atoms with van der Waals surface area (Å²) >= 11 is 0. The van der Waals surface area contributed by atoms with E-state index in [0.717, 1.165) is 38.2 Å². The van der Waals surface area contributed by atoms with Gasteiger partial charge in [-0.1, -0.05) is 48.1 Å². The number of piperidine rings is 1. The van der Waals surface area contributed by atoms with Gasteiger partial charge in [-0.05, 0) is 62.9 Å². The van der Waals surface area contributed by atoms with Crippen LogP contribution >= 0.6 is 0 Å². The predicted octanol–water partition coefficient (Wildman–Crippen LogP) is 5.13. The zero-order valence-corrected chi connectivity index (χ0v) is 18.2. The fraction of sp³-hybridized carbons (Fsp3) is 0.400. The van der Waals surface area contributed by atoms with Crippen LogP contribution in [0.1, 0.15) is 42.5 Å². The van der Waals surface area contributed by atoms with Gasteiger partial charge in [0.25, 0.3) is 0 Å². The number of hydrogen-bond donors (Lipinski definition) is 0. The van der Waals surface area contributed by atoms with Crippen molar-refractivity contribution in [3.8, 4) is 0 Å². The molecule has 6 nitrogen and oxygen atoms in total. The maximum absolute atomic E-state index is 11.4. The van der Waals surface area contributed by atoms with Gasteiger partial charge < -0.3 is 4.90 Å². The summed E-state index contributed by atoms with van der Waals surface area (Å²) < 4.78 is 0. The first-order chi connectivity index (χ1) is 15.1. The van der Waals surface area contributed by atoms with E-state index in [2.05, 4.69) is 52.4 Å². The smallest absolute Gasteiger partial charge is 0.311 e. The molecule has 1 aromatic heterocycles. The molecule has 1 aromatic carbocycles. The molecule has 2 fully saturated rings. The molecule has 2 aromatic rings. The molecular formula is C25H30N4O2. The second-order valence-corrected chi connectivity index (χ2v) is 8.45. The van der Waals surface area contributed by atoms with E-state index in [1.807, 2.05) is 11.8 Å². The lowest BCUT2D eigenvalue weighted by Gasteiger charge is -2.29. The summed E-state index contributed by atoms with van der Waals surface area (Å²) in [6, 6.07) is 12.0. The number of benzene rings is 1. The monoisotopic (exact) mass is 418 g/mol. The minimum absolute atomic E-state index is 0.0896. The number of nitrogens with zero attached hydrogens (tertiary/aromatic N) is 4. The second kappa shape index (κ2) is 9.88. The van der Waals surface area contributed by atoms with Crippen molar-refractivity contribution < 1.29 is 4.92 Å². The summed E-state index contributed by atoms with van der Waals surface area (Å²) in [5.74, 6) is 0.495. The molecule has 4 rings (SSSR count). The number of nitro groups is 1. The van der Waals surface area contributed by atoms with E-state index < -0.39 is 0 Å². The number of rotatable bonds is 6. The Morgan fingerprint density at radius 2 is 1.87 bits per heavy atom. The van der Waals surface area contributed by atoms with Crippen LogP contribution in [0.5, 0.6) is 0 Å². The zero-order chi connectivity index (χ0) is 21.6. The summed E-state index contributed by atoms with van der Waals surface area (Å²) in [5, 5.41) is 11.4. The normalized spacial score (nSPS) is 17.5. The van der Waals surface area contributed by atoms with Crippen LogP contribution in [0.2, 0.25) is 0 Å². The highest BCUT2D eigenvalue weighted by Gasteiger charge is 2.23. The topological polar surface area (TPSA) is 62.5 Å². The second-order valence-electron chi connectivity index (χ2n) is 8.45. The van der Waals surface area contributed by atoms with Gasteiger partial charge in [-0.2, -0.15) is 0 Å². The highest BCUT2D eigenvalue weighted by atomic mass is 16.6. The molecule has 2 saturated heterocycles. The van der Waals surface area contributed by atoms with Crippen LogP contribution in [-0.2, 0) is 6.54 Å². The first-order valence-corrected chi connectivity index (χ1v) is 11.1. The fourth-order valence-electron chi connectivity index (χ4n) is 4.37. The summed E-state index contributed by atoms with van der Waals surface area (Å²) in [7, 11) is 0. The van der Waals surface area contributed by atoms with Gasteiger partial charge in [0, 0.05) is 31.4 Å². The molecule has 0 amide bonds. The van der Waals surface area contributed by atoms with E-state index in [-0.39, 0.29) is 10.6 Å². The quantitative estimate of drug-likeness (QED) is 0.480. The summed E-state index contributed by atoms with van der Waals surface area (Å²) in [6.45, 7) is 6.84. The van der Waals surface area contributed by atoms with Crippen molar-refractivity contribution in [3.63, 3.8) is 0 Å². The molecular weight excluding hydrogens is 388 g/mol. The van der Waals surface area contributed by atoms with Crippen LogP contribution in [0.4, 0.5) is 11.5 Å². The maximum atomic E-state index is 11.4. The SMILES string of the molecule is Cc1ccc([N+](=O)[O-])c(N2CCC(=C/C=C/c3cccc(CN4CCCC4)c3)CC2)n1. The van der Waals surface area contributed by atoms with Gasteiger partial charge in [0.1, 0.15) is 0 Å². The standard InChI is InChI=1S/C25H30N4O2/c1-20-10-11-24(29(30)31)25(26-20)28-16-12-21(13-17-28)6-4-7-22-8-5-9-23(18-22)19-27-14-2-3-15-27/h4-11,18H,2-3,12-17,19H2,1H3/b7-4+. The Hall–Kier alpha value is -2.99. The van der Waals surface area contributed by atoms with Gasteiger partial charge in [-0.25, -0.2) is 4.98 Å². The number of anilines is 1. The van der Waals surface area contributed by atoms with E-state index in [1.54, 1.807) is 12.1 Å². The lowest BCUT2D eigenvalue weighted by molar-refractivity contribution is -0.384. The summed E-state index contributed by atoms with van der Waals surface area (Å²) in [4.78, 5) is 20.0. The number of pyridine rings is 1. The Labute approximate surface area is 184 Å². The third kappa shape index (κ3) is 5.58. The number of likely N-dealkylation sites (tertiary alicyclic amines) is 1. The van der Waals surface area contributed by atoms with Crippen molar-refractivity contribution in [2.24, 2.45) is 0 Å². The van der Waals surface area contributed by atoms with Gasteiger partial charge in [-0.15, -0.1) is 0 Å². The van der Waals surface area contributed by atoms with Gasteiger partial charge in [0.15, 0.2) is 0 Å². The van der Waals surface area contributed by atoms with Crippen molar-refractivity contribution >= 4 is 17.6 Å². The van der Waals surface area contributed by atoms with Crippen LogP contribution < -0.4 is 4.90 Å². The molecule has 3 heterocycles. The molecule has 0 saturated carbocycles. The van der Waals surface area contributed by atoms with E-state index in [9.17, 15) is 10.1 Å². The first-order valence-electron chi connectivity index (χ1n) is 11.1. The molecule has 2 aliphatic heterocycles. The van der Waals surface area contributed by atoms with Crippen LogP contribution in [0.15, 0.2) is 54.1 Å². The fourth-order valence-corrected chi connectivity index (χ4v) is 4.37. The third-order valence-corrected chi connectivity index (χ3v) is 6.07. The average Bonchev–Trinajstić information content (AvgIpc) is 3.27. The van der Waals surface area contributed by atoms with Crippen LogP contribution in [0.25, 0.3) is 6.08 Å². The lowest BCUT2D eigenvalue weighted by atomic mass is 10.0. The highest BCUT2D eigenvalue weighted by Crippen LogP contribution is 2.29. The molecule has 0 radical (unpaired) electrons. The molecule has 2 aliphatic rings. The zero-order valence-electron chi connectivity index (χ0n) is 18.2. The molecule has 0 atom stereocenters. The Morgan fingerprint density at radius 3 is 2.61 bits per heavy atom. The summed E-state index contributed by atoms with van der Waals surface area (Å²) in [6.07, 6.45) is 10.9. The predicted molar refractivity (Wildman–Crippen MR) is 125 cm³/mol. The Morgan fingerprint density at radius 1 is 1.10 bits per heavy atom. The molecule has 0 aliphatic carbocycles. The Balaban J connectivity index is 1.35. The molecule has 6 heteroatoms. The van der Waals surface area contributed by atoms with Gasteiger partial charge in [0.2, 0.25) is 5.82 Å². The largest absolute Gasteiger partial charge is 0.350 e. The highest BCUT2D eigenvalue weighted by molar-refractivity contribution is 5.59. The van der Waals surface area contributed by atoms with E-state index in [1.165, 1.54) is 42.6 Å². The average molecular weight is 419 g/mol. The molecule has 162 valence electrons. The first kappa shape index (κ1) is 21.2. The minimum Gasteiger partial charge on any atom is -0.350 e. The summed E-state index contributed by atoms with van der Waals surface area (Å²) in [5.41, 5.74) is 4.86. The maximum Gasteiger partial charge on any atom is 0.311 e. The van der Waals surface area contributed by atoms with Gasteiger partial charge in [-0.3, -0.25) is 15.0 Å². The van der Waals surface area contributed by atoms with Crippen LogP contribution in [-0.4, -0.2) is 41.0 Å². The molecule has 0 unspecified atom stereocenters. The minimum atomic E-state index is -0.340. The molecule has 31 heavy (non-hydrogen) atoms. The van der Waals surface area contributed by atoms with Gasteiger partial charge in [0.05, 0.1) is 4.92 Å². The number of aromatic nitrogens is 1. The molecule has 0 spiro atoms. The van der Waals surface area contributed by atoms with Crippen LogP contribution in [0, 0.1) is 17.0 Å². The van der Waals surface area contributed by atoms with Crippen molar-refractivity contribution in [3.05, 3.63) is 81.1 Å². The van der Waals surface area contributed by atoms with Crippen molar-refractivity contribution in [2.75, 3.05) is 31.1 Å². The number of hydrogen-bond acceptors (Lipinski definition) is 5. The number of aryl methyl sites for hydroxylation is 1. The van der Waals surface area contributed by atoms with Crippen molar-refractivity contribution in [2.45, 2.75) is 39.2 Å². The van der Waals surface area contributed by atoms with Crippen LogP contribution in [0.3, 0.4) is 0 Å². The Kier molecular flexibility index (Phi) is 6.77. The van der Waals surface area contributed by atoms with E-state index >= 15 is 0 Å².